The maximum atomic E-state index is 12.9. The van der Waals surface area contributed by atoms with E-state index in [1.165, 1.54) is 6.92 Å². The van der Waals surface area contributed by atoms with E-state index in [-0.39, 0.29) is 30.3 Å². The maximum Gasteiger partial charge on any atom is 0.225 e. The summed E-state index contributed by atoms with van der Waals surface area (Å²) in [5.74, 6) is -0.0634. The van der Waals surface area contributed by atoms with Crippen molar-refractivity contribution >= 4 is 23.4 Å². The number of carbonyl (C=O) groups is 2. The van der Waals surface area contributed by atoms with Gasteiger partial charge in [0.2, 0.25) is 11.8 Å². The van der Waals surface area contributed by atoms with Gasteiger partial charge < -0.3 is 15.5 Å². The molecular weight excluding hydrogens is 326 g/mol. The summed E-state index contributed by atoms with van der Waals surface area (Å²) in [7, 11) is 0. The number of carbonyl (C=O) groups excluding carboxylic acids is 2. The van der Waals surface area contributed by atoms with Crippen LogP contribution in [0.4, 0.5) is 0 Å². The van der Waals surface area contributed by atoms with E-state index >= 15 is 0 Å². The first kappa shape index (κ1) is 18.7. The van der Waals surface area contributed by atoms with Gasteiger partial charge in [0, 0.05) is 31.1 Å². The highest BCUT2D eigenvalue weighted by molar-refractivity contribution is 6.30. The quantitative estimate of drug-likeness (QED) is 0.793. The molecule has 1 aromatic carbocycles. The SMILES string of the molecule is CCCN(C(=O)CC(NC(C)=O)c1ccc(Cl)cc1)C1CCNC1. The van der Waals surface area contributed by atoms with Crippen molar-refractivity contribution in [1.82, 2.24) is 15.5 Å². The van der Waals surface area contributed by atoms with E-state index in [1.807, 2.05) is 17.0 Å². The van der Waals surface area contributed by atoms with E-state index < -0.39 is 0 Å². The molecule has 1 aliphatic rings. The highest BCUT2D eigenvalue weighted by Gasteiger charge is 2.28. The molecule has 1 aliphatic heterocycles. The number of nitrogens with zero attached hydrogens (tertiary/aromatic N) is 1. The van der Waals surface area contributed by atoms with Crippen molar-refractivity contribution in [3.05, 3.63) is 34.9 Å². The van der Waals surface area contributed by atoms with Gasteiger partial charge in [-0.1, -0.05) is 30.7 Å². The average Bonchev–Trinajstić information content (AvgIpc) is 3.06. The Hall–Kier alpha value is -1.59. The van der Waals surface area contributed by atoms with E-state index in [4.69, 9.17) is 11.6 Å². The minimum Gasteiger partial charge on any atom is -0.349 e. The van der Waals surface area contributed by atoms with Crippen LogP contribution in [0.15, 0.2) is 24.3 Å². The molecule has 1 saturated heterocycles. The van der Waals surface area contributed by atoms with Crippen molar-refractivity contribution < 1.29 is 9.59 Å². The number of hydrogen-bond donors (Lipinski definition) is 2. The molecule has 2 amide bonds. The third kappa shape index (κ3) is 5.21. The predicted octanol–water partition coefficient (Wildman–Crippen LogP) is 2.51. The Morgan fingerprint density at radius 3 is 2.62 bits per heavy atom. The van der Waals surface area contributed by atoms with E-state index in [9.17, 15) is 9.59 Å². The van der Waals surface area contributed by atoms with Crippen LogP contribution in [0.25, 0.3) is 0 Å². The summed E-state index contributed by atoms with van der Waals surface area (Å²) in [6, 6.07) is 7.19. The van der Waals surface area contributed by atoms with Crippen molar-refractivity contribution in [2.75, 3.05) is 19.6 Å². The summed E-state index contributed by atoms with van der Waals surface area (Å²) in [6.45, 7) is 6.09. The molecule has 2 unspecified atom stereocenters. The van der Waals surface area contributed by atoms with Crippen LogP contribution in [0.2, 0.25) is 5.02 Å². The second-order valence-corrected chi connectivity index (χ2v) is 6.68. The summed E-state index contributed by atoms with van der Waals surface area (Å²) in [6.07, 6.45) is 2.17. The fraction of sp³-hybridized carbons (Fsp3) is 0.556. The molecule has 0 saturated carbocycles. The molecule has 0 radical (unpaired) electrons. The number of rotatable bonds is 7. The van der Waals surface area contributed by atoms with Crippen molar-refractivity contribution in [3.63, 3.8) is 0 Å². The van der Waals surface area contributed by atoms with Crippen LogP contribution in [-0.4, -0.2) is 42.4 Å². The topological polar surface area (TPSA) is 61.4 Å². The first-order valence-electron chi connectivity index (χ1n) is 8.54. The number of nitrogens with one attached hydrogen (secondary N) is 2. The molecule has 0 spiro atoms. The number of hydrogen-bond acceptors (Lipinski definition) is 3. The average molecular weight is 352 g/mol. The Balaban J connectivity index is 2.12. The largest absolute Gasteiger partial charge is 0.349 e. The van der Waals surface area contributed by atoms with Gasteiger partial charge >= 0.3 is 0 Å². The Bertz CT molecular complexity index is 556. The van der Waals surface area contributed by atoms with Crippen molar-refractivity contribution in [2.24, 2.45) is 0 Å². The Labute approximate surface area is 148 Å². The van der Waals surface area contributed by atoms with Crippen LogP contribution in [0.3, 0.4) is 0 Å². The maximum absolute atomic E-state index is 12.9. The molecule has 5 nitrogen and oxygen atoms in total. The van der Waals surface area contributed by atoms with Crippen LogP contribution in [0.1, 0.15) is 44.7 Å². The van der Waals surface area contributed by atoms with Crippen molar-refractivity contribution in [3.8, 4) is 0 Å². The number of halogens is 1. The van der Waals surface area contributed by atoms with Gasteiger partial charge in [0.1, 0.15) is 0 Å². The standard InChI is InChI=1S/C18H26ClN3O2/c1-3-10-22(16-8-9-20-12-16)18(24)11-17(21-13(2)23)14-4-6-15(19)7-5-14/h4-7,16-17,20H,3,8-12H2,1-2H3,(H,21,23). The Kier molecular flexibility index (Phi) is 7.06. The monoisotopic (exact) mass is 351 g/mol. The fourth-order valence-corrected chi connectivity index (χ4v) is 3.27. The van der Waals surface area contributed by atoms with Gasteiger partial charge in [-0.15, -0.1) is 0 Å². The molecule has 1 fully saturated rings. The van der Waals surface area contributed by atoms with Gasteiger partial charge in [-0.05, 0) is 37.1 Å². The second-order valence-electron chi connectivity index (χ2n) is 6.24. The summed E-state index contributed by atoms with van der Waals surface area (Å²) in [5.41, 5.74) is 0.893. The third-order valence-electron chi connectivity index (χ3n) is 4.29. The van der Waals surface area contributed by atoms with Gasteiger partial charge in [0.25, 0.3) is 0 Å². The van der Waals surface area contributed by atoms with Crippen LogP contribution < -0.4 is 10.6 Å². The van der Waals surface area contributed by atoms with Gasteiger partial charge in [-0.3, -0.25) is 9.59 Å². The smallest absolute Gasteiger partial charge is 0.225 e. The van der Waals surface area contributed by atoms with Crippen LogP contribution in [-0.2, 0) is 9.59 Å². The summed E-state index contributed by atoms with van der Waals surface area (Å²) >= 11 is 5.94. The second kappa shape index (κ2) is 9.04. The molecule has 132 valence electrons. The van der Waals surface area contributed by atoms with Crippen LogP contribution in [0, 0.1) is 0 Å². The zero-order valence-electron chi connectivity index (χ0n) is 14.3. The highest BCUT2D eigenvalue weighted by Crippen LogP contribution is 2.22. The van der Waals surface area contributed by atoms with E-state index in [2.05, 4.69) is 17.6 Å². The Morgan fingerprint density at radius 2 is 2.08 bits per heavy atom. The zero-order valence-corrected chi connectivity index (χ0v) is 15.1. The molecule has 2 N–H and O–H groups in total. The van der Waals surface area contributed by atoms with Gasteiger partial charge in [0.15, 0.2) is 0 Å². The molecule has 24 heavy (non-hydrogen) atoms. The summed E-state index contributed by atoms with van der Waals surface area (Å²) in [5, 5.41) is 6.84. The molecule has 2 rings (SSSR count). The fourth-order valence-electron chi connectivity index (χ4n) is 3.14. The van der Waals surface area contributed by atoms with Crippen molar-refractivity contribution in [2.45, 2.75) is 45.2 Å². The summed E-state index contributed by atoms with van der Waals surface area (Å²) in [4.78, 5) is 26.4. The van der Waals surface area contributed by atoms with E-state index in [0.717, 1.165) is 38.0 Å². The molecule has 1 heterocycles. The van der Waals surface area contributed by atoms with Crippen LogP contribution in [0.5, 0.6) is 0 Å². The van der Waals surface area contributed by atoms with E-state index in [1.54, 1.807) is 12.1 Å². The normalized spacial score (nSPS) is 18.2. The lowest BCUT2D eigenvalue weighted by molar-refractivity contribution is -0.134. The number of amides is 2. The first-order chi connectivity index (χ1) is 11.5. The van der Waals surface area contributed by atoms with Gasteiger partial charge in [0.05, 0.1) is 12.5 Å². The van der Waals surface area contributed by atoms with Crippen molar-refractivity contribution in [1.29, 1.82) is 0 Å². The summed E-state index contributed by atoms with van der Waals surface area (Å²) < 4.78 is 0. The molecule has 0 aromatic heterocycles. The molecule has 2 atom stereocenters. The lowest BCUT2D eigenvalue weighted by atomic mass is 10.0. The molecule has 0 bridgehead atoms. The molecule has 1 aromatic rings. The van der Waals surface area contributed by atoms with Gasteiger partial charge in [-0.25, -0.2) is 0 Å². The minimum atomic E-state index is -0.332. The van der Waals surface area contributed by atoms with Gasteiger partial charge in [-0.2, -0.15) is 0 Å². The molecule has 0 aliphatic carbocycles. The lowest BCUT2D eigenvalue weighted by Crippen LogP contribution is -2.43. The third-order valence-corrected chi connectivity index (χ3v) is 4.54. The molecular formula is C18H26ClN3O2. The highest BCUT2D eigenvalue weighted by atomic mass is 35.5. The van der Waals surface area contributed by atoms with E-state index in [0.29, 0.717) is 5.02 Å². The minimum absolute atomic E-state index is 0.0826. The predicted molar refractivity (Wildman–Crippen MR) is 95.9 cm³/mol. The first-order valence-corrected chi connectivity index (χ1v) is 8.91. The van der Waals surface area contributed by atoms with Crippen LogP contribution >= 0.6 is 11.6 Å². The lowest BCUT2D eigenvalue weighted by Gasteiger charge is -2.30. The zero-order chi connectivity index (χ0) is 17.5. The molecule has 6 heteroatoms. The Morgan fingerprint density at radius 1 is 1.38 bits per heavy atom. The number of benzene rings is 1.